The normalized spacial score (nSPS) is 17.8. The van der Waals surface area contributed by atoms with Crippen LogP contribution in [0.15, 0.2) is 40.3 Å². The third-order valence-corrected chi connectivity index (χ3v) is 3.14. The Balaban J connectivity index is 1.95. The van der Waals surface area contributed by atoms with Crippen molar-refractivity contribution in [3.05, 3.63) is 42.1 Å². The number of nitrogens with zero attached hydrogens (tertiary/aromatic N) is 2. The van der Waals surface area contributed by atoms with Crippen LogP contribution in [-0.2, 0) is 6.42 Å². The van der Waals surface area contributed by atoms with E-state index in [2.05, 4.69) is 54.2 Å². The molecule has 0 aromatic heterocycles. The molecule has 1 aromatic rings. The molecule has 2 unspecified atom stereocenters. The van der Waals surface area contributed by atoms with Crippen LogP contribution in [0.2, 0.25) is 0 Å². The minimum atomic E-state index is 0.412. The average Bonchev–Trinajstić information content (AvgIpc) is 2.83. The van der Waals surface area contributed by atoms with Gasteiger partial charge in [-0.3, -0.25) is 0 Å². The molecule has 0 aliphatic carbocycles. The highest BCUT2D eigenvalue weighted by Gasteiger charge is 2.29. The summed E-state index contributed by atoms with van der Waals surface area (Å²) < 4.78 is 0. The standard InChI is InChI=1S/C14H17N2/c1-11(10-13-6-4-3-5-7-13)12(2)14-15-8-9-16-14/h3-9,11-12H,10H2,1-2H3/q+1. The third-order valence-electron chi connectivity index (χ3n) is 3.14. The predicted molar refractivity (Wildman–Crippen MR) is 68.7 cm³/mol. The van der Waals surface area contributed by atoms with Crippen LogP contribution in [0.1, 0.15) is 19.4 Å². The molecule has 1 aliphatic rings. The quantitative estimate of drug-likeness (QED) is 0.686. The van der Waals surface area contributed by atoms with Gasteiger partial charge in [0.2, 0.25) is 6.17 Å². The van der Waals surface area contributed by atoms with Crippen LogP contribution in [-0.4, -0.2) is 12.4 Å². The lowest BCUT2D eigenvalue weighted by atomic mass is 9.88. The van der Waals surface area contributed by atoms with Crippen molar-refractivity contribution >= 4 is 12.4 Å². The van der Waals surface area contributed by atoms with Gasteiger partial charge in [0.1, 0.15) is 0 Å². The summed E-state index contributed by atoms with van der Waals surface area (Å²) in [5.74, 6) is 0.972. The first-order valence-corrected chi connectivity index (χ1v) is 5.75. The summed E-state index contributed by atoms with van der Waals surface area (Å²) >= 11 is 0. The fourth-order valence-corrected chi connectivity index (χ4v) is 1.91. The van der Waals surface area contributed by atoms with Gasteiger partial charge in [-0.1, -0.05) is 47.2 Å². The van der Waals surface area contributed by atoms with Gasteiger partial charge >= 0.3 is 0 Å². The number of benzene rings is 1. The molecule has 0 spiro atoms. The van der Waals surface area contributed by atoms with E-state index in [9.17, 15) is 0 Å². The van der Waals surface area contributed by atoms with E-state index in [1.165, 1.54) is 5.56 Å². The summed E-state index contributed by atoms with van der Waals surface area (Å²) in [5.41, 5.74) is 1.38. The fraction of sp³-hybridized carbons (Fsp3) is 0.357. The summed E-state index contributed by atoms with van der Waals surface area (Å²) in [6, 6.07) is 10.6. The summed E-state index contributed by atoms with van der Waals surface area (Å²) in [7, 11) is 0. The molecule has 2 rings (SSSR count). The number of rotatable bonds is 4. The maximum atomic E-state index is 4.27. The Bertz CT molecular complexity index is 369. The molecular formula is C14H17N2+. The fourth-order valence-electron chi connectivity index (χ4n) is 1.91. The molecule has 0 saturated carbocycles. The average molecular weight is 213 g/mol. The van der Waals surface area contributed by atoms with Crippen molar-refractivity contribution in [1.82, 2.24) is 0 Å². The van der Waals surface area contributed by atoms with Crippen molar-refractivity contribution in [1.29, 1.82) is 0 Å². The van der Waals surface area contributed by atoms with Crippen LogP contribution in [0.3, 0.4) is 0 Å². The molecular weight excluding hydrogens is 196 g/mol. The van der Waals surface area contributed by atoms with Gasteiger partial charge in [0.05, 0.1) is 5.92 Å². The van der Waals surface area contributed by atoms with E-state index in [-0.39, 0.29) is 0 Å². The zero-order valence-electron chi connectivity index (χ0n) is 9.80. The molecule has 16 heavy (non-hydrogen) atoms. The molecule has 2 atom stereocenters. The van der Waals surface area contributed by atoms with Gasteiger partial charge in [-0.15, -0.1) is 0 Å². The van der Waals surface area contributed by atoms with E-state index in [1.807, 2.05) is 0 Å². The lowest BCUT2D eigenvalue weighted by Gasteiger charge is -2.17. The Morgan fingerprint density at radius 2 is 1.69 bits per heavy atom. The van der Waals surface area contributed by atoms with Crippen LogP contribution >= 0.6 is 0 Å². The first-order chi connectivity index (χ1) is 7.77. The Labute approximate surface area is 97.1 Å². The Kier molecular flexibility index (Phi) is 3.40. The van der Waals surface area contributed by atoms with E-state index in [0.29, 0.717) is 11.8 Å². The van der Waals surface area contributed by atoms with Gasteiger partial charge in [0, 0.05) is 0 Å². The second-order valence-corrected chi connectivity index (χ2v) is 4.37. The first kappa shape index (κ1) is 10.9. The van der Waals surface area contributed by atoms with E-state index >= 15 is 0 Å². The highest BCUT2D eigenvalue weighted by atomic mass is 15.0. The topological polar surface area (TPSA) is 24.7 Å². The molecule has 0 fully saturated rings. The van der Waals surface area contributed by atoms with Crippen molar-refractivity contribution in [2.75, 3.05) is 0 Å². The highest BCUT2D eigenvalue weighted by Crippen LogP contribution is 2.28. The SMILES string of the molecule is CC(Cc1ccccc1)C(C)[C+]1N=CC=N1. The first-order valence-electron chi connectivity index (χ1n) is 5.75. The Hall–Kier alpha value is -1.57. The van der Waals surface area contributed by atoms with Crippen LogP contribution in [0.5, 0.6) is 0 Å². The molecule has 0 radical (unpaired) electrons. The Morgan fingerprint density at radius 3 is 2.31 bits per heavy atom. The van der Waals surface area contributed by atoms with Crippen molar-refractivity contribution in [3.63, 3.8) is 0 Å². The molecule has 2 nitrogen and oxygen atoms in total. The number of hydrogen-bond acceptors (Lipinski definition) is 2. The van der Waals surface area contributed by atoms with Crippen molar-refractivity contribution < 1.29 is 0 Å². The zero-order valence-corrected chi connectivity index (χ0v) is 9.80. The molecule has 0 saturated heterocycles. The summed E-state index contributed by atoms with van der Waals surface area (Å²) in [4.78, 5) is 8.54. The second-order valence-electron chi connectivity index (χ2n) is 4.37. The van der Waals surface area contributed by atoms with Gasteiger partial charge < -0.3 is 0 Å². The summed E-state index contributed by atoms with van der Waals surface area (Å²) in [5, 5.41) is 0. The summed E-state index contributed by atoms with van der Waals surface area (Å²) in [6.07, 6.45) is 5.57. The lowest BCUT2D eigenvalue weighted by Crippen LogP contribution is -2.15. The van der Waals surface area contributed by atoms with Gasteiger partial charge in [-0.2, -0.15) is 0 Å². The van der Waals surface area contributed by atoms with E-state index in [0.717, 1.165) is 12.6 Å². The van der Waals surface area contributed by atoms with Crippen molar-refractivity contribution in [2.45, 2.75) is 20.3 Å². The predicted octanol–water partition coefficient (Wildman–Crippen LogP) is 3.15. The third kappa shape index (κ3) is 2.51. The maximum absolute atomic E-state index is 4.27. The van der Waals surface area contributed by atoms with Crippen molar-refractivity contribution in [3.8, 4) is 0 Å². The monoisotopic (exact) mass is 213 g/mol. The minimum Gasteiger partial charge on any atom is -0.0965 e. The molecule has 0 amide bonds. The largest absolute Gasteiger partial charge is 0.243 e. The second kappa shape index (κ2) is 4.97. The summed E-state index contributed by atoms with van der Waals surface area (Å²) in [6.45, 7) is 4.46. The molecule has 1 aliphatic heterocycles. The molecule has 0 N–H and O–H groups in total. The van der Waals surface area contributed by atoms with E-state index in [4.69, 9.17) is 0 Å². The van der Waals surface area contributed by atoms with Gasteiger partial charge in [-0.25, -0.2) is 0 Å². The van der Waals surface area contributed by atoms with Crippen LogP contribution in [0, 0.1) is 18.0 Å². The van der Waals surface area contributed by atoms with Crippen LogP contribution in [0.4, 0.5) is 0 Å². The lowest BCUT2D eigenvalue weighted by molar-refractivity contribution is 0.394. The smallest absolute Gasteiger partial charge is 0.0965 e. The van der Waals surface area contributed by atoms with E-state index < -0.39 is 0 Å². The van der Waals surface area contributed by atoms with Crippen LogP contribution in [0.25, 0.3) is 0 Å². The zero-order chi connectivity index (χ0) is 11.4. The number of aliphatic imine (C=N–C) groups is 2. The molecule has 1 heterocycles. The highest BCUT2D eigenvalue weighted by molar-refractivity contribution is 6.18. The number of hydrogen-bond donors (Lipinski definition) is 0. The van der Waals surface area contributed by atoms with Gasteiger partial charge in [0.15, 0.2) is 12.4 Å². The maximum Gasteiger partial charge on any atom is 0.243 e. The molecule has 0 bridgehead atoms. The minimum absolute atomic E-state index is 0.412. The molecule has 1 aromatic carbocycles. The Morgan fingerprint density at radius 1 is 1.06 bits per heavy atom. The van der Waals surface area contributed by atoms with Crippen molar-refractivity contribution in [2.24, 2.45) is 21.8 Å². The molecule has 2 heteroatoms. The van der Waals surface area contributed by atoms with Gasteiger partial charge in [0.25, 0.3) is 0 Å². The molecule has 82 valence electrons. The van der Waals surface area contributed by atoms with E-state index in [1.54, 1.807) is 12.4 Å². The van der Waals surface area contributed by atoms with Gasteiger partial charge in [-0.05, 0) is 24.8 Å². The van der Waals surface area contributed by atoms with Crippen LogP contribution < -0.4 is 0 Å².